The Labute approximate surface area is 374 Å². The van der Waals surface area contributed by atoms with Crippen LogP contribution in [-0.2, 0) is 58.3 Å². The molecule has 1 unspecified atom stereocenters. The van der Waals surface area contributed by atoms with Gasteiger partial charge in [0.25, 0.3) is 0 Å². The molecule has 0 heterocycles. The number of hydrogen-bond acceptors (Lipinski definition) is 11. The van der Waals surface area contributed by atoms with Crippen molar-refractivity contribution in [2.24, 2.45) is 11.7 Å². The van der Waals surface area contributed by atoms with Crippen molar-refractivity contribution in [3.8, 4) is 0 Å². The molecule has 18 nitrogen and oxygen atoms in total. The Kier molecular flexibility index (Phi) is 27.4. The summed E-state index contributed by atoms with van der Waals surface area (Å²) >= 11 is 0. The number of nitrogens with one attached hydrogen (secondary N) is 4. The lowest BCUT2D eigenvalue weighted by atomic mass is 10.0. The summed E-state index contributed by atoms with van der Waals surface area (Å²) in [7, 11) is -4.63. The molecule has 63 heavy (non-hydrogen) atoms. The van der Waals surface area contributed by atoms with Crippen molar-refractivity contribution in [3.05, 3.63) is 35.9 Å². The Morgan fingerprint density at radius 2 is 1.48 bits per heavy atom. The summed E-state index contributed by atoms with van der Waals surface area (Å²) in [6.07, 6.45) is 5.99. The van der Waals surface area contributed by atoms with Crippen molar-refractivity contribution in [1.29, 1.82) is 0 Å². The number of nitrogens with two attached hydrogens (primary N) is 1. The Hall–Kier alpha value is -3.93. The SMILES string of the molecule is CCCN(CC(=O)N[C@@H](CC(C)C)C(=O)NCC(=O)N[C@@H](C)C(=O)N[C@H](C(N)=O)[C@@H](C)OP(=O)(O)OCCCCCCCCc1ccccc1)C(=O)CCOC(C)(C)COC(C)C. The summed E-state index contributed by atoms with van der Waals surface area (Å²) in [5.74, 6) is -4.20. The number of aryl methyl sites for hydroxylation is 1. The van der Waals surface area contributed by atoms with Gasteiger partial charge >= 0.3 is 7.82 Å². The third-order valence-electron chi connectivity index (χ3n) is 9.64. The van der Waals surface area contributed by atoms with E-state index in [1.165, 1.54) is 24.3 Å². The Bertz CT molecular complexity index is 1600. The minimum Gasteiger partial charge on any atom is -0.376 e. The van der Waals surface area contributed by atoms with Crippen LogP contribution >= 0.6 is 7.82 Å². The van der Waals surface area contributed by atoms with Crippen LogP contribution in [0.15, 0.2) is 30.3 Å². The lowest BCUT2D eigenvalue weighted by Gasteiger charge is -2.27. The largest absolute Gasteiger partial charge is 0.472 e. The second-order valence-electron chi connectivity index (χ2n) is 17.1. The zero-order chi connectivity index (χ0) is 47.6. The van der Waals surface area contributed by atoms with Crippen LogP contribution in [0, 0.1) is 5.92 Å². The molecule has 360 valence electrons. The Morgan fingerprint density at radius 1 is 0.841 bits per heavy atom. The van der Waals surface area contributed by atoms with Gasteiger partial charge in [-0.1, -0.05) is 76.8 Å². The summed E-state index contributed by atoms with van der Waals surface area (Å²) < 4.78 is 34.3. The van der Waals surface area contributed by atoms with Gasteiger partial charge in [-0.3, -0.25) is 37.8 Å². The fourth-order valence-corrected chi connectivity index (χ4v) is 7.23. The number of carbonyl (C=O) groups is 6. The van der Waals surface area contributed by atoms with Gasteiger partial charge in [0.05, 0.1) is 57.1 Å². The minimum atomic E-state index is -4.63. The number of amides is 6. The average Bonchev–Trinajstić information content (AvgIpc) is 3.19. The maximum atomic E-state index is 13.2. The van der Waals surface area contributed by atoms with E-state index in [-0.39, 0.29) is 50.5 Å². The van der Waals surface area contributed by atoms with E-state index in [1.54, 1.807) is 0 Å². The molecule has 0 bridgehead atoms. The summed E-state index contributed by atoms with van der Waals surface area (Å²) in [5.41, 5.74) is 6.18. The molecule has 0 aliphatic heterocycles. The monoisotopic (exact) mass is 913 g/mol. The van der Waals surface area contributed by atoms with Gasteiger partial charge in [0.2, 0.25) is 35.4 Å². The lowest BCUT2D eigenvalue weighted by Crippen LogP contribution is -2.57. The molecule has 7 N–H and O–H groups in total. The lowest BCUT2D eigenvalue weighted by molar-refractivity contribution is -0.140. The van der Waals surface area contributed by atoms with Crippen molar-refractivity contribution in [3.63, 3.8) is 0 Å². The van der Waals surface area contributed by atoms with Crippen LogP contribution in [0.1, 0.15) is 126 Å². The molecule has 1 rings (SSSR count). The third kappa shape index (κ3) is 26.5. The van der Waals surface area contributed by atoms with Crippen molar-refractivity contribution >= 4 is 43.3 Å². The topological polar surface area (TPSA) is 254 Å². The molecule has 5 atom stereocenters. The molecule has 1 aromatic rings. The number of benzene rings is 1. The zero-order valence-corrected chi connectivity index (χ0v) is 40.0. The number of primary amides is 1. The first-order valence-electron chi connectivity index (χ1n) is 22.2. The van der Waals surface area contributed by atoms with Gasteiger partial charge in [-0.15, -0.1) is 0 Å². The zero-order valence-electron chi connectivity index (χ0n) is 39.1. The van der Waals surface area contributed by atoms with Crippen LogP contribution in [0.5, 0.6) is 0 Å². The number of phosphoric ester groups is 1. The van der Waals surface area contributed by atoms with Crippen LogP contribution in [-0.4, -0.2) is 121 Å². The molecule has 19 heteroatoms. The maximum absolute atomic E-state index is 13.2. The van der Waals surface area contributed by atoms with E-state index < -0.39 is 73.7 Å². The molecular formula is C44H77N6O12P. The molecular weight excluding hydrogens is 835 g/mol. The molecule has 0 fully saturated rings. The molecule has 0 radical (unpaired) electrons. The van der Waals surface area contributed by atoms with E-state index >= 15 is 0 Å². The Morgan fingerprint density at radius 3 is 2.08 bits per heavy atom. The first kappa shape index (κ1) is 57.1. The highest BCUT2D eigenvalue weighted by atomic mass is 31.2. The predicted molar refractivity (Wildman–Crippen MR) is 240 cm³/mol. The summed E-state index contributed by atoms with van der Waals surface area (Å²) in [6.45, 7) is 15.7. The number of ether oxygens (including phenoxy) is 2. The van der Waals surface area contributed by atoms with Gasteiger partial charge < -0.3 is 46.3 Å². The predicted octanol–water partition coefficient (Wildman–Crippen LogP) is 4.06. The van der Waals surface area contributed by atoms with Gasteiger partial charge in [0.1, 0.15) is 18.1 Å². The van der Waals surface area contributed by atoms with Gasteiger partial charge in [-0.05, 0) is 85.1 Å². The van der Waals surface area contributed by atoms with E-state index in [2.05, 4.69) is 33.4 Å². The average molecular weight is 913 g/mol. The van der Waals surface area contributed by atoms with Crippen LogP contribution in [0.4, 0.5) is 0 Å². The van der Waals surface area contributed by atoms with Gasteiger partial charge in [0.15, 0.2) is 0 Å². The summed E-state index contributed by atoms with van der Waals surface area (Å²) in [5, 5.41) is 9.88. The second kappa shape index (κ2) is 30.3. The number of nitrogens with zero attached hydrogens (tertiary/aromatic N) is 1. The van der Waals surface area contributed by atoms with E-state index in [0.29, 0.717) is 26.0 Å². The van der Waals surface area contributed by atoms with E-state index in [0.717, 1.165) is 38.5 Å². The fraction of sp³-hybridized carbons (Fsp3) is 0.727. The second-order valence-corrected chi connectivity index (χ2v) is 18.6. The van der Waals surface area contributed by atoms with E-state index in [9.17, 15) is 38.2 Å². The smallest absolute Gasteiger partial charge is 0.376 e. The first-order chi connectivity index (χ1) is 29.6. The number of unbranched alkanes of at least 4 members (excludes halogenated alkanes) is 5. The number of carbonyl (C=O) groups excluding carboxylic acids is 6. The highest BCUT2D eigenvalue weighted by Gasteiger charge is 2.34. The fourth-order valence-electron chi connectivity index (χ4n) is 6.27. The number of phosphoric acid groups is 1. The van der Waals surface area contributed by atoms with Crippen molar-refractivity contribution in [1.82, 2.24) is 26.2 Å². The van der Waals surface area contributed by atoms with Gasteiger partial charge in [-0.25, -0.2) is 4.57 Å². The van der Waals surface area contributed by atoms with Gasteiger partial charge in [0, 0.05) is 6.54 Å². The van der Waals surface area contributed by atoms with Crippen molar-refractivity contribution < 1.29 is 56.7 Å². The van der Waals surface area contributed by atoms with E-state index in [1.807, 2.05) is 66.7 Å². The van der Waals surface area contributed by atoms with Crippen molar-refractivity contribution in [2.75, 3.05) is 39.5 Å². The molecule has 0 saturated carbocycles. The summed E-state index contributed by atoms with van der Waals surface area (Å²) in [4.78, 5) is 89.1. The van der Waals surface area contributed by atoms with Crippen LogP contribution in [0.2, 0.25) is 0 Å². The molecule has 0 spiro atoms. The van der Waals surface area contributed by atoms with Crippen LogP contribution in [0.3, 0.4) is 0 Å². The maximum Gasteiger partial charge on any atom is 0.472 e. The molecule has 0 aromatic heterocycles. The minimum absolute atomic E-state index is 0.0290. The highest BCUT2D eigenvalue weighted by Crippen LogP contribution is 2.45. The highest BCUT2D eigenvalue weighted by molar-refractivity contribution is 7.47. The Balaban J connectivity index is 2.59. The number of hydrogen-bond donors (Lipinski definition) is 6. The quantitative estimate of drug-likeness (QED) is 0.0423. The molecule has 0 saturated heterocycles. The van der Waals surface area contributed by atoms with Crippen LogP contribution in [0.25, 0.3) is 0 Å². The van der Waals surface area contributed by atoms with E-state index in [4.69, 9.17) is 24.3 Å². The van der Waals surface area contributed by atoms with Gasteiger partial charge in [-0.2, -0.15) is 0 Å². The molecule has 1 aromatic carbocycles. The van der Waals surface area contributed by atoms with Crippen molar-refractivity contribution in [2.45, 2.75) is 162 Å². The number of rotatable bonds is 34. The van der Waals surface area contributed by atoms with Crippen LogP contribution < -0.4 is 27.0 Å². The molecule has 6 amide bonds. The molecule has 0 aliphatic rings. The normalized spacial score (nSPS) is 14.5. The standard InChI is InChI=1S/C44H77N6O12P/c1-10-24-50(39(53)23-26-60-44(8,9)30-59-32(4)5)29-38(52)48-36(27-31(2)3)43(56)46-28-37(51)47-33(6)42(55)49-40(41(45)54)34(7)62-63(57,58)61-25-19-14-12-11-13-16-20-35-21-17-15-18-22-35/h15,17-18,21-22,31-34,36,40H,10-14,16,19-20,23-30H2,1-9H3,(H2,45,54)(H,46,56)(H,47,51)(H,48,52)(H,49,55)(H,57,58)/t33-,34+,36-,40-/m0/s1. The third-order valence-corrected chi connectivity index (χ3v) is 10.7. The first-order valence-corrected chi connectivity index (χ1v) is 23.7. The molecule has 0 aliphatic carbocycles. The summed E-state index contributed by atoms with van der Waals surface area (Å²) in [6, 6.07) is 6.44.